The summed E-state index contributed by atoms with van der Waals surface area (Å²) in [6.07, 6.45) is 4.93. The van der Waals surface area contributed by atoms with Gasteiger partial charge >= 0.3 is 10.0 Å². The van der Waals surface area contributed by atoms with Gasteiger partial charge in [-0.25, -0.2) is 0 Å². The lowest BCUT2D eigenvalue weighted by molar-refractivity contribution is -0.00471. The predicted octanol–water partition coefficient (Wildman–Crippen LogP) is 0.232. The number of rotatable bonds is 5. The van der Waals surface area contributed by atoms with E-state index in [0.29, 0.717) is 12.2 Å². The van der Waals surface area contributed by atoms with Crippen molar-refractivity contribution in [3.63, 3.8) is 0 Å². The van der Waals surface area contributed by atoms with Crippen molar-refractivity contribution in [2.45, 2.75) is 31.5 Å². The van der Waals surface area contributed by atoms with Crippen molar-refractivity contribution in [2.75, 3.05) is 27.4 Å². The largest absolute Gasteiger partial charge is 0.402 e. The number of hydrogen-bond donors (Lipinski definition) is 0. The van der Waals surface area contributed by atoms with Crippen molar-refractivity contribution in [2.24, 2.45) is 0 Å². The second kappa shape index (κ2) is 7.36. The van der Waals surface area contributed by atoms with Crippen molar-refractivity contribution >= 4 is 10.0 Å². The van der Waals surface area contributed by atoms with Crippen LogP contribution in [0.15, 0.2) is 0 Å². The number of epoxide rings is 1. The number of hydrogen-bond acceptors (Lipinski definition) is 4. The third-order valence-electron chi connectivity index (χ3n) is 2.21. The van der Waals surface area contributed by atoms with Gasteiger partial charge in [0.15, 0.2) is 0 Å². The predicted molar refractivity (Wildman–Crippen MR) is 55.9 cm³/mol. The molecule has 1 unspecified atom stereocenters. The molecule has 0 radical (unpaired) electrons. The molecule has 1 aliphatic heterocycles. The fraction of sp³-hybridized carbons (Fsp3) is 1.00. The Bertz CT molecular complexity index is 135. The van der Waals surface area contributed by atoms with Crippen molar-refractivity contribution in [1.29, 1.82) is 0 Å². The topological polar surface area (TPSA) is 40.2 Å². The molecule has 0 N–H and O–H groups in total. The van der Waals surface area contributed by atoms with Crippen LogP contribution in [-0.4, -0.2) is 49.6 Å². The van der Waals surface area contributed by atoms with Crippen LogP contribution in [-0.2, 0) is 18.3 Å². The minimum Gasteiger partial charge on any atom is -0.402 e. The van der Waals surface area contributed by atoms with E-state index in [2.05, 4.69) is 8.85 Å². The van der Waals surface area contributed by atoms with Gasteiger partial charge in [-0.3, -0.25) is 0 Å². The first-order chi connectivity index (χ1) is 6.86. The summed E-state index contributed by atoms with van der Waals surface area (Å²) >= 11 is 0. The van der Waals surface area contributed by atoms with E-state index < -0.39 is 10.0 Å². The van der Waals surface area contributed by atoms with Gasteiger partial charge < -0.3 is 18.3 Å². The standard InChI is InChI=1S/C7H12O2.C2H8O2Si/c1-2-6(3-1)8-4-7-5-9-7;1-3-5-4-2/h6-7H,1-5H2;5H2,1-2H3. The molecule has 4 nitrogen and oxygen atoms in total. The van der Waals surface area contributed by atoms with E-state index in [-0.39, 0.29) is 0 Å². The summed E-state index contributed by atoms with van der Waals surface area (Å²) in [5.41, 5.74) is 0. The summed E-state index contributed by atoms with van der Waals surface area (Å²) in [5.74, 6) is 0. The Balaban J connectivity index is 0.000000171. The molecule has 14 heavy (non-hydrogen) atoms. The molecule has 0 amide bonds. The van der Waals surface area contributed by atoms with Gasteiger partial charge in [0.2, 0.25) is 0 Å². The quantitative estimate of drug-likeness (QED) is 0.491. The van der Waals surface area contributed by atoms with Crippen molar-refractivity contribution in [3.8, 4) is 0 Å². The highest BCUT2D eigenvalue weighted by Gasteiger charge is 2.26. The summed E-state index contributed by atoms with van der Waals surface area (Å²) < 4.78 is 19.7. The Morgan fingerprint density at radius 2 is 1.93 bits per heavy atom. The average molecular weight is 220 g/mol. The van der Waals surface area contributed by atoms with Crippen LogP contribution in [0.5, 0.6) is 0 Å². The lowest BCUT2D eigenvalue weighted by Gasteiger charge is -2.24. The minimum absolute atomic E-state index is 0.450. The maximum Gasteiger partial charge on any atom is 0.303 e. The Hall–Kier alpha value is 0.0569. The van der Waals surface area contributed by atoms with Gasteiger partial charge in [-0.15, -0.1) is 0 Å². The Kier molecular flexibility index (Phi) is 6.38. The van der Waals surface area contributed by atoms with Gasteiger partial charge in [-0.2, -0.15) is 0 Å². The molecule has 2 fully saturated rings. The van der Waals surface area contributed by atoms with Gasteiger partial charge in [0, 0.05) is 14.2 Å². The van der Waals surface area contributed by atoms with Crippen LogP contribution >= 0.6 is 0 Å². The molecule has 0 aromatic carbocycles. The maximum atomic E-state index is 5.48. The first-order valence-electron chi connectivity index (χ1n) is 5.08. The van der Waals surface area contributed by atoms with Crippen LogP contribution in [0.3, 0.4) is 0 Å². The summed E-state index contributed by atoms with van der Waals surface area (Å²) in [6.45, 7) is 1.76. The van der Waals surface area contributed by atoms with Gasteiger partial charge in [0.1, 0.15) is 6.10 Å². The molecular weight excluding hydrogens is 200 g/mol. The molecule has 84 valence electrons. The van der Waals surface area contributed by atoms with E-state index in [0.717, 1.165) is 13.2 Å². The highest BCUT2D eigenvalue weighted by atomic mass is 28.3. The first-order valence-corrected chi connectivity index (χ1v) is 6.23. The second-order valence-corrected chi connectivity index (χ2v) is 4.93. The molecular formula is C9H20O4Si. The fourth-order valence-electron chi connectivity index (χ4n) is 1.06. The van der Waals surface area contributed by atoms with Gasteiger partial charge in [-0.05, 0) is 19.3 Å². The highest BCUT2D eigenvalue weighted by Crippen LogP contribution is 2.23. The number of ether oxygens (including phenoxy) is 2. The van der Waals surface area contributed by atoms with E-state index >= 15 is 0 Å². The normalized spacial score (nSPS) is 24.9. The van der Waals surface area contributed by atoms with Gasteiger partial charge in [0.05, 0.1) is 19.3 Å². The zero-order chi connectivity index (χ0) is 10.2. The Morgan fingerprint density at radius 3 is 2.21 bits per heavy atom. The van der Waals surface area contributed by atoms with Crippen LogP contribution in [0.2, 0.25) is 0 Å². The molecule has 0 aromatic heterocycles. The van der Waals surface area contributed by atoms with Crippen molar-refractivity contribution < 1.29 is 18.3 Å². The van der Waals surface area contributed by atoms with Crippen molar-refractivity contribution in [3.05, 3.63) is 0 Å². The van der Waals surface area contributed by atoms with Crippen LogP contribution in [0.1, 0.15) is 19.3 Å². The van der Waals surface area contributed by atoms with Gasteiger partial charge in [-0.1, -0.05) is 0 Å². The molecule has 1 aliphatic carbocycles. The molecule has 1 saturated heterocycles. The van der Waals surface area contributed by atoms with Crippen LogP contribution in [0, 0.1) is 0 Å². The molecule has 0 bridgehead atoms. The summed E-state index contributed by atoms with van der Waals surface area (Å²) in [6, 6.07) is 0. The maximum absolute atomic E-state index is 5.48. The second-order valence-electron chi connectivity index (χ2n) is 3.54. The van der Waals surface area contributed by atoms with Crippen LogP contribution in [0.25, 0.3) is 0 Å². The monoisotopic (exact) mass is 220 g/mol. The zero-order valence-electron chi connectivity index (χ0n) is 9.03. The van der Waals surface area contributed by atoms with Gasteiger partial charge in [0.25, 0.3) is 0 Å². The highest BCUT2D eigenvalue weighted by molar-refractivity contribution is 6.17. The molecule has 2 rings (SSSR count). The van der Waals surface area contributed by atoms with Crippen LogP contribution in [0.4, 0.5) is 0 Å². The summed E-state index contributed by atoms with van der Waals surface area (Å²) in [5, 5.41) is 0. The zero-order valence-corrected chi connectivity index (χ0v) is 10.4. The van der Waals surface area contributed by atoms with E-state index in [1.54, 1.807) is 14.2 Å². The van der Waals surface area contributed by atoms with E-state index in [1.165, 1.54) is 19.3 Å². The molecule has 1 saturated carbocycles. The SMILES string of the molecule is C1CC(OCC2CO2)C1.CO[SiH2]OC. The molecule has 1 heterocycles. The Labute approximate surface area is 87.9 Å². The van der Waals surface area contributed by atoms with E-state index in [1.807, 2.05) is 0 Å². The molecule has 0 spiro atoms. The molecule has 1 atom stereocenters. The fourth-order valence-corrected chi connectivity index (χ4v) is 1.30. The average Bonchev–Trinajstić information content (AvgIpc) is 2.88. The summed E-state index contributed by atoms with van der Waals surface area (Å²) in [7, 11) is 2.73. The molecule has 0 aromatic rings. The lowest BCUT2D eigenvalue weighted by atomic mass is 9.96. The van der Waals surface area contributed by atoms with E-state index in [9.17, 15) is 0 Å². The summed E-state index contributed by atoms with van der Waals surface area (Å²) in [4.78, 5) is 0. The molecule has 5 heteroatoms. The minimum atomic E-state index is -0.568. The Morgan fingerprint density at radius 1 is 1.29 bits per heavy atom. The van der Waals surface area contributed by atoms with E-state index in [4.69, 9.17) is 9.47 Å². The van der Waals surface area contributed by atoms with Crippen molar-refractivity contribution in [1.82, 2.24) is 0 Å². The third-order valence-corrected chi connectivity index (χ3v) is 2.68. The first kappa shape index (κ1) is 12.1. The van der Waals surface area contributed by atoms with Crippen LogP contribution < -0.4 is 0 Å². The molecule has 2 aliphatic rings. The smallest absolute Gasteiger partial charge is 0.303 e. The third kappa shape index (κ3) is 5.72. The lowest BCUT2D eigenvalue weighted by Crippen LogP contribution is -2.23.